The fraction of sp³-hybridized carbons (Fsp3) is 0.824. The molecule has 0 aliphatic heterocycles. The molecule has 0 heterocycles. The quantitative estimate of drug-likeness (QED) is 0.0479. The smallest absolute Gasteiger partial charge is 0.328 e. The summed E-state index contributed by atoms with van der Waals surface area (Å²) in [6, 6.07) is -0.963. The second-order valence-electron chi connectivity index (χ2n) is 11.7. The Morgan fingerprint density at radius 2 is 1.04 bits per heavy atom. The molecule has 0 fully saturated rings. The molecule has 0 aliphatic carbocycles. The van der Waals surface area contributed by atoms with Gasteiger partial charge in [0.25, 0.3) is 0 Å². The molecule has 0 aromatic carbocycles. The number of aliphatic imine (C=N–C) groups is 1. The molecular formula is C34H62N4O11. The average molecular weight is 703 g/mol. The molecule has 0 aromatic heterocycles. The Balaban J connectivity index is 3.74. The van der Waals surface area contributed by atoms with Crippen LogP contribution in [0.1, 0.15) is 104 Å². The van der Waals surface area contributed by atoms with E-state index in [9.17, 15) is 29.1 Å². The zero-order valence-electron chi connectivity index (χ0n) is 29.8. The highest BCUT2D eigenvalue weighted by Crippen LogP contribution is 2.12. The molecule has 284 valence electrons. The molecule has 0 aliphatic rings. The number of carboxylic acid groups (broad SMARTS) is 2. The first-order valence-corrected chi connectivity index (χ1v) is 17.7. The second kappa shape index (κ2) is 33.4. The molecule has 15 heteroatoms. The Morgan fingerprint density at radius 3 is 1.55 bits per heavy atom. The molecule has 0 radical (unpaired) electrons. The normalized spacial score (nSPS) is 12.0. The Kier molecular flexibility index (Phi) is 31.2. The number of carboxylic acids is 2. The summed E-state index contributed by atoms with van der Waals surface area (Å²) >= 11 is 0. The lowest BCUT2D eigenvalue weighted by molar-refractivity contribution is -0.139. The summed E-state index contributed by atoms with van der Waals surface area (Å²) in [4.78, 5) is 61.9. The average Bonchev–Trinajstić information content (AvgIpc) is 3.06. The Bertz CT molecular complexity index is 934. The first-order chi connectivity index (χ1) is 23.6. The number of hydrogen-bond donors (Lipinski definition) is 5. The van der Waals surface area contributed by atoms with E-state index in [1.165, 1.54) is 0 Å². The number of carbonyl (C=O) groups is 5. The Labute approximate surface area is 291 Å². The van der Waals surface area contributed by atoms with E-state index in [0.29, 0.717) is 26.3 Å². The zero-order valence-corrected chi connectivity index (χ0v) is 29.8. The van der Waals surface area contributed by atoms with Crippen LogP contribution in [0.2, 0.25) is 0 Å². The summed E-state index contributed by atoms with van der Waals surface area (Å²) in [7, 11) is 0. The number of amides is 3. The summed E-state index contributed by atoms with van der Waals surface area (Å²) in [5, 5.41) is 26.3. The molecule has 0 saturated carbocycles. The van der Waals surface area contributed by atoms with Crippen molar-refractivity contribution in [2.24, 2.45) is 4.99 Å². The van der Waals surface area contributed by atoms with Gasteiger partial charge in [-0.05, 0) is 39.0 Å². The number of nitrogens with zero attached hydrogens (tertiary/aromatic N) is 1. The highest BCUT2D eigenvalue weighted by molar-refractivity contribution is 5.86. The zero-order chi connectivity index (χ0) is 36.4. The van der Waals surface area contributed by atoms with Crippen LogP contribution in [-0.4, -0.2) is 124 Å². The maximum absolute atomic E-state index is 12.2. The molecule has 0 rings (SSSR count). The van der Waals surface area contributed by atoms with Gasteiger partial charge in [0, 0.05) is 38.2 Å². The molecule has 3 amide bonds. The van der Waals surface area contributed by atoms with Gasteiger partial charge in [-0.15, -0.1) is 0 Å². The number of rotatable bonds is 35. The SMILES string of the molecule is CCCCNC(=O)COCCOCCNC(=O)COCCOCCNC(=O)CCC(N=C(C)CCCCCCCCCCC(=O)O)C(=O)O. The van der Waals surface area contributed by atoms with Crippen molar-refractivity contribution >= 4 is 35.4 Å². The maximum atomic E-state index is 12.2. The first-order valence-electron chi connectivity index (χ1n) is 17.7. The molecule has 1 unspecified atom stereocenters. The lowest BCUT2D eigenvalue weighted by Crippen LogP contribution is -2.32. The van der Waals surface area contributed by atoms with Crippen LogP contribution in [0, 0.1) is 0 Å². The third-order valence-corrected chi connectivity index (χ3v) is 7.19. The van der Waals surface area contributed by atoms with Crippen molar-refractivity contribution in [1.82, 2.24) is 16.0 Å². The monoisotopic (exact) mass is 702 g/mol. The van der Waals surface area contributed by atoms with Crippen molar-refractivity contribution in [3.05, 3.63) is 0 Å². The molecule has 15 nitrogen and oxygen atoms in total. The summed E-state index contributed by atoms with van der Waals surface area (Å²) in [5.74, 6) is -2.51. The van der Waals surface area contributed by atoms with Crippen LogP contribution in [0.4, 0.5) is 0 Å². The van der Waals surface area contributed by atoms with Crippen molar-refractivity contribution in [1.29, 1.82) is 0 Å². The standard InChI is InChI=1S/C34H62N4O11/c1-3-4-17-35-31(40)26-48-24-23-47-21-19-37-32(41)27-49-25-22-46-20-18-36-30(39)16-15-29(34(44)45)38-28(2)13-11-9-7-5-6-8-10-12-14-33(42)43/h29H,3-27H2,1-2H3,(H,35,40)(H,36,39)(H,37,41)(H,42,43)(H,44,45). The van der Waals surface area contributed by atoms with Crippen LogP contribution < -0.4 is 16.0 Å². The minimum absolute atomic E-state index is 0.00418. The number of ether oxygens (including phenoxy) is 4. The lowest BCUT2D eigenvalue weighted by atomic mass is 10.1. The van der Waals surface area contributed by atoms with Gasteiger partial charge in [-0.25, -0.2) is 4.79 Å². The maximum Gasteiger partial charge on any atom is 0.328 e. The number of unbranched alkanes of at least 4 members (excludes halogenated alkanes) is 8. The van der Waals surface area contributed by atoms with E-state index in [4.69, 9.17) is 24.1 Å². The van der Waals surface area contributed by atoms with E-state index in [1.54, 1.807) is 0 Å². The predicted molar refractivity (Wildman–Crippen MR) is 185 cm³/mol. The van der Waals surface area contributed by atoms with E-state index >= 15 is 0 Å². The third-order valence-electron chi connectivity index (χ3n) is 7.19. The molecule has 1 atom stereocenters. The molecule has 5 N–H and O–H groups in total. The number of nitrogens with one attached hydrogen (secondary N) is 3. The van der Waals surface area contributed by atoms with Gasteiger partial charge < -0.3 is 45.1 Å². The fourth-order valence-corrected chi connectivity index (χ4v) is 4.45. The van der Waals surface area contributed by atoms with Crippen LogP contribution in [0.25, 0.3) is 0 Å². The Morgan fingerprint density at radius 1 is 0.571 bits per heavy atom. The van der Waals surface area contributed by atoms with Crippen molar-refractivity contribution in [3.8, 4) is 0 Å². The van der Waals surface area contributed by atoms with Gasteiger partial charge in [-0.3, -0.25) is 24.2 Å². The topological polar surface area (TPSA) is 211 Å². The lowest BCUT2D eigenvalue weighted by Gasteiger charge is -2.11. The van der Waals surface area contributed by atoms with E-state index in [0.717, 1.165) is 76.3 Å². The van der Waals surface area contributed by atoms with E-state index in [-0.39, 0.29) is 83.2 Å². The largest absolute Gasteiger partial charge is 0.481 e. The minimum atomic E-state index is -1.05. The number of aliphatic carboxylic acids is 2. The van der Waals surface area contributed by atoms with Gasteiger partial charge in [0.2, 0.25) is 17.7 Å². The molecule has 49 heavy (non-hydrogen) atoms. The third kappa shape index (κ3) is 33.1. The van der Waals surface area contributed by atoms with Gasteiger partial charge >= 0.3 is 11.9 Å². The van der Waals surface area contributed by atoms with Gasteiger partial charge in [0.05, 0.1) is 39.6 Å². The van der Waals surface area contributed by atoms with Crippen LogP contribution in [0.15, 0.2) is 4.99 Å². The molecule has 0 aromatic rings. The van der Waals surface area contributed by atoms with Crippen LogP contribution in [0.5, 0.6) is 0 Å². The predicted octanol–water partition coefficient (Wildman–Crippen LogP) is 2.88. The summed E-state index contributed by atoms with van der Waals surface area (Å²) in [6.07, 6.45) is 11.0. The van der Waals surface area contributed by atoms with Crippen LogP contribution in [0.3, 0.4) is 0 Å². The summed E-state index contributed by atoms with van der Waals surface area (Å²) in [6.45, 7) is 6.56. The summed E-state index contributed by atoms with van der Waals surface area (Å²) < 4.78 is 21.2. The van der Waals surface area contributed by atoms with E-state index in [2.05, 4.69) is 27.9 Å². The van der Waals surface area contributed by atoms with Crippen LogP contribution in [-0.2, 0) is 42.9 Å². The highest BCUT2D eigenvalue weighted by atomic mass is 16.5. The fourth-order valence-electron chi connectivity index (χ4n) is 4.45. The van der Waals surface area contributed by atoms with Gasteiger partial charge in [0.1, 0.15) is 19.3 Å². The molecule has 0 spiro atoms. The van der Waals surface area contributed by atoms with E-state index < -0.39 is 18.0 Å². The van der Waals surface area contributed by atoms with Gasteiger partial charge in [-0.2, -0.15) is 0 Å². The van der Waals surface area contributed by atoms with Crippen molar-refractivity contribution < 1.29 is 53.1 Å². The van der Waals surface area contributed by atoms with E-state index in [1.807, 2.05) is 6.92 Å². The second-order valence-corrected chi connectivity index (χ2v) is 11.7. The summed E-state index contributed by atoms with van der Waals surface area (Å²) in [5.41, 5.74) is 0.766. The first kappa shape index (κ1) is 45.9. The van der Waals surface area contributed by atoms with Gasteiger partial charge in [0.15, 0.2) is 0 Å². The number of carbonyl (C=O) groups excluding carboxylic acids is 3. The van der Waals surface area contributed by atoms with Crippen LogP contribution >= 0.6 is 0 Å². The van der Waals surface area contributed by atoms with Crippen molar-refractivity contribution in [2.45, 2.75) is 110 Å². The molecule has 0 bridgehead atoms. The van der Waals surface area contributed by atoms with Crippen molar-refractivity contribution in [2.75, 3.05) is 72.5 Å². The molecular weight excluding hydrogens is 640 g/mol. The number of hydrogen-bond acceptors (Lipinski definition) is 10. The van der Waals surface area contributed by atoms with Gasteiger partial charge in [-0.1, -0.05) is 51.9 Å². The highest BCUT2D eigenvalue weighted by Gasteiger charge is 2.18. The minimum Gasteiger partial charge on any atom is -0.481 e. The molecule has 0 saturated heterocycles. The van der Waals surface area contributed by atoms with Crippen molar-refractivity contribution in [3.63, 3.8) is 0 Å². The Hall–Kier alpha value is -3.14.